The molecule has 2 aromatic rings. The predicted molar refractivity (Wildman–Crippen MR) is 104 cm³/mol. The van der Waals surface area contributed by atoms with Crippen molar-refractivity contribution in [2.24, 2.45) is 5.16 Å². The monoisotopic (exact) mass is 399 g/mol. The topological polar surface area (TPSA) is 109 Å². The van der Waals surface area contributed by atoms with Crippen molar-refractivity contribution in [2.75, 3.05) is 20.8 Å². The molecule has 9 nitrogen and oxygen atoms in total. The van der Waals surface area contributed by atoms with Crippen molar-refractivity contribution in [3.8, 4) is 5.88 Å². The lowest BCUT2D eigenvalue weighted by atomic mass is 9.96. The van der Waals surface area contributed by atoms with Crippen LogP contribution >= 0.6 is 0 Å². The molecule has 0 spiro atoms. The fraction of sp³-hybridized carbons (Fsp3) is 0.250. The van der Waals surface area contributed by atoms with Gasteiger partial charge in [0.05, 0.1) is 27.1 Å². The van der Waals surface area contributed by atoms with Crippen molar-refractivity contribution >= 4 is 23.2 Å². The van der Waals surface area contributed by atoms with Crippen LogP contribution in [-0.2, 0) is 23.9 Å². The Morgan fingerprint density at radius 3 is 2.48 bits per heavy atom. The fourth-order valence-electron chi connectivity index (χ4n) is 2.38. The van der Waals surface area contributed by atoms with Crippen LogP contribution in [0.2, 0.25) is 0 Å². The molecule has 0 amide bonds. The summed E-state index contributed by atoms with van der Waals surface area (Å²) in [4.78, 5) is 37.0. The van der Waals surface area contributed by atoms with E-state index in [0.29, 0.717) is 23.6 Å². The van der Waals surface area contributed by atoms with Gasteiger partial charge in [0.2, 0.25) is 5.88 Å². The number of aromatic nitrogens is 2. The molecular formula is C20H21N3O6. The Bertz CT molecular complexity index is 939. The Labute approximate surface area is 168 Å². The zero-order valence-corrected chi connectivity index (χ0v) is 16.5. The molecule has 0 fully saturated rings. The first-order chi connectivity index (χ1) is 14.0. The van der Waals surface area contributed by atoms with Gasteiger partial charge in [-0.15, -0.1) is 0 Å². The molecule has 1 aromatic heterocycles. The molecule has 0 radical (unpaired) electrons. The molecule has 0 aliphatic carbocycles. The number of oxime groups is 1. The highest BCUT2D eigenvalue weighted by molar-refractivity contribution is 6.21. The van der Waals surface area contributed by atoms with Crippen molar-refractivity contribution in [3.05, 3.63) is 59.7 Å². The van der Waals surface area contributed by atoms with Crippen molar-refractivity contribution < 1.29 is 28.6 Å². The average Bonchev–Trinajstić information content (AvgIpc) is 2.72. The maximum absolute atomic E-state index is 12.3. The zero-order chi connectivity index (χ0) is 21.2. The van der Waals surface area contributed by atoms with Gasteiger partial charge in [0.15, 0.2) is 11.5 Å². The van der Waals surface area contributed by atoms with E-state index < -0.39 is 11.9 Å². The lowest BCUT2D eigenvalue weighted by Gasteiger charge is -2.13. The number of carbonyl (C=O) groups excluding carboxylic acids is 2. The molecule has 152 valence electrons. The molecule has 9 heteroatoms. The van der Waals surface area contributed by atoms with Crippen molar-refractivity contribution in [1.82, 2.24) is 9.97 Å². The Hall–Kier alpha value is -3.75. The van der Waals surface area contributed by atoms with Crippen LogP contribution in [0, 0.1) is 0 Å². The van der Waals surface area contributed by atoms with Crippen LogP contribution in [0.5, 0.6) is 5.88 Å². The standard InChI is InChI=1S/C20H21N3O6/c1-5-28-17-10-11-21-19(22-17)18(23-29-13(2)24)15-9-7-6-8-14(15)16(12-26-3)20(25)27-4/h6-12H,5H2,1-4H3/b16-12+,23-18?. The number of ether oxygens (including phenoxy) is 3. The highest BCUT2D eigenvalue weighted by Crippen LogP contribution is 2.24. The molecule has 0 saturated carbocycles. The Morgan fingerprint density at radius 1 is 1.14 bits per heavy atom. The molecule has 0 N–H and O–H groups in total. The first-order valence-electron chi connectivity index (χ1n) is 8.64. The summed E-state index contributed by atoms with van der Waals surface area (Å²) in [6.45, 7) is 3.45. The van der Waals surface area contributed by atoms with E-state index in [-0.39, 0.29) is 17.1 Å². The summed E-state index contributed by atoms with van der Waals surface area (Å²) in [7, 11) is 2.67. The minimum atomic E-state index is -0.624. The summed E-state index contributed by atoms with van der Waals surface area (Å²) in [6, 6.07) is 8.41. The van der Waals surface area contributed by atoms with Gasteiger partial charge in [0, 0.05) is 30.3 Å². The molecule has 0 aliphatic heterocycles. The quantitative estimate of drug-likeness (QED) is 0.166. The van der Waals surface area contributed by atoms with Gasteiger partial charge < -0.3 is 19.0 Å². The van der Waals surface area contributed by atoms with Crippen molar-refractivity contribution in [3.63, 3.8) is 0 Å². The fourth-order valence-corrected chi connectivity index (χ4v) is 2.38. The molecule has 2 rings (SSSR count). The second-order valence-corrected chi connectivity index (χ2v) is 5.48. The second-order valence-electron chi connectivity index (χ2n) is 5.48. The van der Waals surface area contributed by atoms with E-state index in [1.807, 2.05) is 6.92 Å². The SMILES string of the molecule is CCOc1ccnc(C(=NOC(C)=O)c2ccccc2/C(=C\OC)C(=O)OC)n1. The van der Waals surface area contributed by atoms with Gasteiger partial charge in [0.25, 0.3) is 0 Å². The van der Waals surface area contributed by atoms with Crippen LogP contribution in [0.1, 0.15) is 30.8 Å². The van der Waals surface area contributed by atoms with Crippen LogP contribution in [0.3, 0.4) is 0 Å². The lowest BCUT2D eigenvalue weighted by molar-refractivity contribution is -0.141. The van der Waals surface area contributed by atoms with E-state index in [9.17, 15) is 9.59 Å². The highest BCUT2D eigenvalue weighted by Gasteiger charge is 2.22. The van der Waals surface area contributed by atoms with Crippen molar-refractivity contribution in [1.29, 1.82) is 0 Å². The first-order valence-corrected chi connectivity index (χ1v) is 8.64. The van der Waals surface area contributed by atoms with E-state index in [2.05, 4.69) is 15.1 Å². The van der Waals surface area contributed by atoms with Gasteiger partial charge in [-0.25, -0.2) is 14.6 Å². The van der Waals surface area contributed by atoms with Gasteiger partial charge in [-0.2, -0.15) is 4.98 Å². The normalized spacial score (nSPS) is 11.6. The van der Waals surface area contributed by atoms with Crippen LogP contribution < -0.4 is 4.74 Å². The summed E-state index contributed by atoms with van der Waals surface area (Å²) in [5.41, 5.74) is 1.12. The number of esters is 1. The third-order valence-corrected chi connectivity index (χ3v) is 3.51. The summed E-state index contributed by atoms with van der Waals surface area (Å²) in [6.07, 6.45) is 2.75. The van der Waals surface area contributed by atoms with Crippen LogP contribution in [0.4, 0.5) is 0 Å². The molecule has 0 saturated heterocycles. The number of methoxy groups -OCH3 is 2. The third kappa shape index (κ3) is 5.61. The summed E-state index contributed by atoms with van der Waals surface area (Å²) < 4.78 is 15.3. The number of carbonyl (C=O) groups is 2. The minimum absolute atomic E-state index is 0.128. The molecule has 0 unspecified atom stereocenters. The van der Waals surface area contributed by atoms with Gasteiger partial charge >= 0.3 is 11.9 Å². The zero-order valence-electron chi connectivity index (χ0n) is 16.5. The number of hydrogen-bond acceptors (Lipinski definition) is 9. The minimum Gasteiger partial charge on any atom is -0.503 e. The van der Waals surface area contributed by atoms with Gasteiger partial charge in [-0.1, -0.05) is 29.4 Å². The average molecular weight is 399 g/mol. The predicted octanol–water partition coefficient (Wildman–Crippen LogP) is 2.35. The maximum atomic E-state index is 12.3. The number of nitrogens with zero attached hydrogens (tertiary/aromatic N) is 3. The number of hydrogen-bond donors (Lipinski definition) is 0. The van der Waals surface area contributed by atoms with Gasteiger partial charge in [0.1, 0.15) is 5.57 Å². The largest absolute Gasteiger partial charge is 0.503 e. The smallest absolute Gasteiger partial charge is 0.341 e. The van der Waals surface area contributed by atoms with Crippen LogP contribution in [0.25, 0.3) is 5.57 Å². The van der Waals surface area contributed by atoms with Gasteiger partial charge in [-0.05, 0) is 6.92 Å². The summed E-state index contributed by atoms with van der Waals surface area (Å²) in [5.74, 6) is -0.769. The molecule has 0 atom stereocenters. The van der Waals surface area contributed by atoms with Crippen LogP contribution in [-0.4, -0.2) is 48.4 Å². The van der Waals surface area contributed by atoms with E-state index in [1.54, 1.807) is 30.3 Å². The number of rotatable bonds is 8. The molecule has 29 heavy (non-hydrogen) atoms. The highest BCUT2D eigenvalue weighted by atomic mass is 16.7. The molecule has 1 heterocycles. The first kappa shape index (κ1) is 21.5. The maximum Gasteiger partial charge on any atom is 0.341 e. The number of benzene rings is 1. The summed E-state index contributed by atoms with van der Waals surface area (Å²) >= 11 is 0. The van der Waals surface area contributed by atoms with E-state index in [4.69, 9.17) is 19.0 Å². The Kier molecular flexibility index (Phi) is 7.84. The van der Waals surface area contributed by atoms with Gasteiger partial charge in [-0.3, -0.25) is 0 Å². The molecule has 0 bridgehead atoms. The molecular weight excluding hydrogens is 378 g/mol. The van der Waals surface area contributed by atoms with Crippen molar-refractivity contribution in [2.45, 2.75) is 13.8 Å². The lowest BCUT2D eigenvalue weighted by Crippen LogP contribution is -2.15. The molecule has 0 aliphatic rings. The van der Waals surface area contributed by atoms with E-state index in [1.165, 1.54) is 33.6 Å². The third-order valence-electron chi connectivity index (χ3n) is 3.51. The molecule has 1 aromatic carbocycles. The Balaban J connectivity index is 2.69. The second kappa shape index (κ2) is 10.5. The Morgan fingerprint density at radius 2 is 1.86 bits per heavy atom. The van der Waals surface area contributed by atoms with E-state index >= 15 is 0 Å². The summed E-state index contributed by atoms with van der Waals surface area (Å²) in [5, 5.41) is 3.92. The van der Waals surface area contributed by atoms with Crippen LogP contribution in [0.15, 0.2) is 47.9 Å². The van der Waals surface area contributed by atoms with E-state index in [0.717, 1.165) is 0 Å².